The van der Waals surface area contributed by atoms with Gasteiger partial charge < -0.3 is 4.74 Å². The number of hydrogen-bond acceptors (Lipinski definition) is 3. The van der Waals surface area contributed by atoms with Gasteiger partial charge in [-0.2, -0.15) is 0 Å². The number of hydrogen-bond donors (Lipinski definition) is 0. The molecule has 0 saturated heterocycles. The van der Waals surface area contributed by atoms with Crippen molar-refractivity contribution in [3.05, 3.63) is 65.5 Å². The minimum atomic E-state index is -0.884. The van der Waals surface area contributed by atoms with Gasteiger partial charge in [-0.05, 0) is 24.3 Å². The fraction of sp³-hybridized carbons (Fsp3) is 0.125. The van der Waals surface area contributed by atoms with Crippen molar-refractivity contribution in [1.82, 2.24) is 0 Å². The third kappa shape index (κ3) is 2.27. The number of amides is 1. The lowest BCUT2D eigenvalue weighted by atomic mass is 10.1. The smallest absolute Gasteiger partial charge is 0.342 e. The minimum Gasteiger partial charge on any atom is -0.433 e. The van der Waals surface area contributed by atoms with E-state index in [-0.39, 0.29) is 5.91 Å². The molecule has 3 rings (SSSR count). The lowest BCUT2D eigenvalue weighted by molar-refractivity contribution is -0.118. The average molecular weight is 285 g/mol. The maximum atomic E-state index is 13.0. The topological polar surface area (TPSA) is 46.6 Å². The molecule has 0 fully saturated rings. The zero-order valence-electron chi connectivity index (χ0n) is 11.2. The van der Waals surface area contributed by atoms with Crippen LogP contribution >= 0.6 is 0 Å². The Kier molecular flexibility index (Phi) is 3.17. The molecule has 1 atom stereocenters. The molecule has 2 aromatic carbocycles. The number of halogens is 1. The SMILES string of the molecule is CC(=O)N1c2ccccc2C(=O)OC1c1ccc(F)cc1. The number of anilines is 1. The van der Waals surface area contributed by atoms with E-state index in [1.54, 1.807) is 24.3 Å². The molecule has 1 aliphatic heterocycles. The fourth-order valence-electron chi connectivity index (χ4n) is 2.38. The number of benzene rings is 2. The van der Waals surface area contributed by atoms with Crippen molar-refractivity contribution in [3.8, 4) is 0 Å². The van der Waals surface area contributed by atoms with Gasteiger partial charge in [-0.25, -0.2) is 9.18 Å². The Balaban J connectivity index is 2.11. The molecule has 2 aromatic rings. The number of esters is 1. The summed E-state index contributed by atoms with van der Waals surface area (Å²) in [6.45, 7) is 1.40. The van der Waals surface area contributed by atoms with Crippen LogP contribution in [0.25, 0.3) is 0 Å². The Morgan fingerprint density at radius 1 is 1.14 bits per heavy atom. The number of nitrogens with zero attached hydrogens (tertiary/aromatic N) is 1. The highest BCUT2D eigenvalue weighted by Crippen LogP contribution is 2.36. The third-order valence-corrected chi connectivity index (χ3v) is 3.33. The quantitative estimate of drug-likeness (QED) is 0.757. The zero-order valence-corrected chi connectivity index (χ0v) is 11.2. The normalized spacial score (nSPS) is 17.1. The van der Waals surface area contributed by atoms with E-state index in [2.05, 4.69) is 0 Å². The van der Waals surface area contributed by atoms with Crippen LogP contribution in [0.1, 0.15) is 29.1 Å². The minimum absolute atomic E-state index is 0.260. The van der Waals surface area contributed by atoms with Gasteiger partial charge >= 0.3 is 5.97 Å². The van der Waals surface area contributed by atoms with E-state index >= 15 is 0 Å². The maximum Gasteiger partial charge on any atom is 0.342 e. The Bertz CT molecular complexity index is 712. The molecule has 0 spiro atoms. The Hall–Kier alpha value is -2.69. The fourth-order valence-corrected chi connectivity index (χ4v) is 2.38. The van der Waals surface area contributed by atoms with Gasteiger partial charge in [-0.15, -0.1) is 0 Å². The molecule has 106 valence electrons. The van der Waals surface area contributed by atoms with E-state index in [4.69, 9.17) is 4.74 Å². The van der Waals surface area contributed by atoms with Gasteiger partial charge in [0.2, 0.25) is 12.1 Å². The van der Waals surface area contributed by atoms with Crippen LogP contribution in [0.2, 0.25) is 0 Å². The molecule has 1 heterocycles. The van der Waals surface area contributed by atoms with Crippen LogP contribution in [0.5, 0.6) is 0 Å². The predicted octanol–water partition coefficient (Wildman–Crippen LogP) is 3.05. The zero-order chi connectivity index (χ0) is 15.0. The molecule has 1 aliphatic rings. The summed E-state index contributed by atoms with van der Waals surface area (Å²) in [6, 6.07) is 12.3. The van der Waals surface area contributed by atoms with Gasteiger partial charge in [-0.3, -0.25) is 9.69 Å². The van der Waals surface area contributed by atoms with Crippen LogP contribution in [0.3, 0.4) is 0 Å². The molecule has 0 aromatic heterocycles. The molecule has 5 heteroatoms. The van der Waals surface area contributed by atoms with Crippen molar-refractivity contribution in [2.75, 3.05) is 4.90 Å². The molecule has 0 bridgehead atoms. The van der Waals surface area contributed by atoms with Crippen molar-refractivity contribution in [1.29, 1.82) is 0 Å². The van der Waals surface area contributed by atoms with Crippen molar-refractivity contribution in [2.45, 2.75) is 13.2 Å². The van der Waals surface area contributed by atoms with Crippen molar-refractivity contribution in [3.63, 3.8) is 0 Å². The Morgan fingerprint density at radius 3 is 2.48 bits per heavy atom. The van der Waals surface area contributed by atoms with Crippen LogP contribution in [-0.2, 0) is 9.53 Å². The second kappa shape index (κ2) is 5.01. The van der Waals surface area contributed by atoms with Gasteiger partial charge in [-0.1, -0.05) is 24.3 Å². The second-order valence-corrected chi connectivity index (χ2v) is 4.72. The summed E-state index contributed by atoms with van der Waals surface area (Å²) >= 11 is 0. The maximum absolute atomic E-state index is 13.0. The Morgan fingerprint density at radius 2 is 1.81 bits per heavy atom. The highest BCUT2D eigenvalue weighted by molar-refractivity contribution is 6.04. The summed E-state index contributed by atoms with van der Waals surface area (Å²) in [6.07, 6.45) is -0.884. The van der Waals surface area contributed by atoms with Crippen LogP contribution in [-0.4, -0.2) is 11.9 Å². The van der Waals surface area contributed by atoms with Gasteiger partial charge in [0, 0.05) is 12.5 Å². The van der Waals surface area contributed by atoms with Crippen LogP contribution in [0.15, 0.2) is 48.5 Å². The van der Waals surface area contributed by atoms with Gasteiger partial charge in [0.15, 0.2) is 0 Å². The Labute approximate surface area is 120 Å². The first-order valence-corrected chi connectivity index (χ1v) is 6.43. The first-order chi connectivity index (χ1) is 10.1. The van der Waals surface area contributed by atoms with E-state index in [0.717, 1.165) is 0 Å². The summed E-state index contributed by atoms with van der Waals surface area (Å²) in [4.78, 5) is 25.4. The lowest BCUT2D eigenvalue weighted by Gasteiger charge is -2.35. The average Bonchev–Trinajstić information content (AvgIpc) is 2.47. The number of rotatable bonds is 1. The van der Waals surface area contributed by atoms with Crippen molar-refractivity contribution in [2.24, 2.45) is 0 Å². The molecule has 21 heavy (non-hydrogen) atoms. The molecule has 0 radical (unpaired) electrons. The number of fused-ring (bicyclic) bond motifs is 1. The standard InChI is InChI=1S/C16H12FNO3/c1-10(19)18-14-5-3-2-4-13(14)16(20)21-15(18)11-6-8-12(17)9-7-11/h2-9,15H,1H3. The first-order valence-electron chi connectivity index (χ1n) is 6.43. The number of para-hydroxylation sites is 1. The number of carbonyl (C=O) groups excluding carboxylic acids is 2. The summed E-state index contributed by atoms with van der Waals surface area (Å²) in [5, 5.41) is 0. The van der Waals surface area contributed by atoms with Gasteiger partial charge in [0.1, 0.15) is 5.82 Å². The molecular weight excluding hydrogens is 273 g/mol. The van der Waals surface area contributed by atoms with Crippen molar-refractivity contribution < 1.29 is 18.7 Å². The highest BCUT2D eigenvalue weighted by atomic mass is 19.1. The number of carbonyl (C=O) groups is 2. The summed E-state index contributed by atoms with van der Waals surface area (Å²) in [5.41, 5.74) is 1.37. The first kappa shape index (κ1) is 13.3. The van der Waals surface area contributed by atoms with E-state index in [0.29, 0.717) is 16.8 Å². The summed E-state index contributed by atoms with van der Waals surface area (Å²) in [7, 11) is 0. The molecule has 0 N–H and O–H groups in total. The number of ether oxygens (including phenoxy) is 1. The number of cyclic esters (lactones) is 1. The molecule has 4 nitrogen and oxygen atoms in total. The van der Waals surface area contributed by atoms with Crippen molar-refractivity contribution >= 4 is 17.6 Å². The molecule has 0 aliphatic carbocycles. The third-order valence-electron chi connectivity index (χ3n) is 3.33. The molecule has 0 saturated carbocycles. The van der Waals surface area contributed by atoms with E-state index < -0.39 is 18.0 Å². The summed E-state index contributed by atoms with van der Waals surface area (Å²) in [5.74, 6) is -1.16. The predicted molar refractivity (Wildman–Crippen MR) is 74.2 cm³/mol. The molecular formula is C16H12FNO3. The van der Waals surface area contributed by atoms with Crippen LogP contribution in [0.4, 0.5) is 10.1 Å². The largest absolute Gasteiger partial charge is 0.433 e. The van der Waals surface area contributed by atoms with Gasteiger partial charge in [0.25, 0.3) is 0 Å². The lowest BCUT2D eigenvalue weighted by Crippen LogP contribution is -2.40. The van der Waals surface area contributed by atoms with Crippen LogP contribution in [0, 0.1) is 5.82 Å². The van der Waals surface area contributed by atoms with E-state index in [9.17, 15) is 14.0 Å². The highest BCUT2D eigenvalue weighted by Gasteiger charge is 2.35. The van der Waals surface area contributed by atoms with Gasteiger partial charge in [0.05, 0.1) is 11.3 Å². The molecule has 1 unspecified atom stereocenters. The van der Waals surface area contributed by atoms with E-state index in [1.165, 1.54) is 36.1 Å². The van der Waals surface area contributed by atoms with E-state index in [1.807, 2.05) is 0 Å². The second-order valence-electron chi connectivity index (χ2n) is 4.72. The summed E-state index contributed by atoms with van der Waals surface area (Å²) < 4.78 is 18.4. The van der Waals surface area contributed by atoms with Crippen LogP contribution < -0.4 is 4.90 Å². The monoisotopic (exact) mass is 285 g/mol. The molecule has 1 amide bonds.